The molecule has 0 spiro atoms. The Morgan fingerprint density at radius 2 is 1.82 bits per heavy atom. The van der Waals surface area contributed by atoms with Crippen LogP contribution in [0.25, 0.3) is 0 Å². The standard InChI is InChI=1S/C16H21N3O2S/c1-20-14-2-4-15(5-3-14)21-12-11-18-7-9-19(10-8-18)16-17-6-13-22-16/h2-6,13H,7-12H2,1H3. The highest BCUT2D eigenvalue weighted by Crippen LogP contribution is 2.19. The van der Waals surface area contributed by atoms with Crippen molar-refractivity contribution in [3.8, 4) is 11.5 Å². The van der Waals surface area contributed by atoms with Gasteiger partial charge in [-0.3, -0.25) is 4.90 Å². The zero-order valence-corrected chi connectivity index (χ0v) is 13.6. The molecule has 1 saturated heterocycles. The summed E-state index contributed by atoms with van der Waals surface area (Å²) >= 11 is 1.71. The average molecular weight is 319 g/mol. The minimum Gasteiger partial charge on any atom is -0.497 e. The van der Waals surface area contributed by atoms with E-state index in [9.17, 15) is 0 Å². The third kappa shape index (κ3) is 3.90. The molecule has 0 bridgehead atoms. The van der Waals surface area contributed by atoms with Crippen molar-refractivity contribution in [2.45, 2.75) is 0 Å². The molecule has 1 aromatic carbocycles. The number of hydrogen-bond donors (Lipinski definition) is 0. The van der Waals surface area contributed by atoms with E-state index in [1.165, 1.54) is 0 Å². The highest BCUT2D eigenvalue weighted by molar-refractivity contribution is 7.13. The smallest absolute Gasteiger partial charge is 0.185 e. The van der Waals surface area contributed by atoms with Crippen molar-refractivity contribution >= 4 is 16.5 Å². The Morgan fingerprint density at radius 1 is 1.09 bits per heavy atom. The largest absolute Gasteiger partial charge is 0.497 e. The van der Waals surface area contributed by atoms with Gasteiger partial charge in [0.15, 0.2) is 5.13 Å². The van der Waals surface area contributed by atoms with Gasteiger partial charge in [-0.1, -0.05) is 0 Å². The zero-order chi connectivity index (χ0) is 15.2. The van der Waals surface area contributed by atoms with Gasteiger partial charge < -0.3 is 14.4 Å². The van der Waals surface area contributed by atoms with E-state index in [1.54, 1.807) is 18.4 Å². The van der Waals surface area contributed by atoms with Crippen LogP contribution in [0.3, 0.4) is 0 Å². The molecule has 22 heavy (non-hydrogen) atoms. The fraction of sp³-hybridized carbons (Fsp3) is 0.438. The van der Waals surface area contributed by atoms with Gasteiger partial charge in [0.05, 0.1) is 7.11 Å². The van der Waals surface area contributed by atoms with Crippen molar-refractivity contribution in [1.82, 2.24) is 9.88 Å². The summed E-state index contributed by atoms with van der Waals surface area (Å²) in [5, 5.41) is 3.17. The number of thiazole rings is 1. The normalized spacial score (nSPS) is 15.8. The van der Waals surface area contributed by atoms with Crippen LogP contribution in [-0.4, -0.2) is 56.3 Å². The average Bonchev–Trinajstić information content (AvgIpc) is 3.11. The van der Waals surface area contributed by atoms with Gasteiger partial charge in [-0.25, -0.2) is 4.98 Å². The van der Waals surface area contributed by atoms with E-state index in [0.29, 0.717) is 6.61 Å². The van der Waals surface area contributed by atoms with Gasteiger partial charge in [-0.2, -0.15) is 0 Å². The van der Waals surface area contributed by atoms with Crippen molar-refractivity contribution in [2.75, 3.05) is 51.3 Å². The van der Waals surface area contributed by atoms with Crippen molar-refractivity contribution in [3.05, 3.63) is 35.8 Å². The van der Waals surface area contributed by atoms with E-state index in [-0.39, 0.29) is 0 Å². The van der Waals surface area contributed by atoms with E-state index < -0.39 is 0 Å². The molecule has 6 heteroatoms. The van der Waals surface area contributed by atoms with Crippen LogP contribution in [0.4, 0.5) is 5.13 Å². The Bertz CT molecular complexity index is 551. The lowest BCUT2D eigenvalue weighted by molar-refractivity contribution is 0.200. The number of methoxy groups -OCH3 is 1. The fourth-order valence-corrected chi connectivity index (χ4v) is 3.20. The molecule has 1 aliphatic heterocycles. The quantitative estimate of drug-likeness (QED) is 0.817. The number of rotatable bonds is 6. The van der Waals surface area contributed by atoms with Crippen molar-refractivity contribution in [1.29, 1.82) is 0 Å². The Kier molecular flexibility index (Phi) is 5.13. The predicted molar refractivity (Wildman–Crippen MR) is 89.3 cm³/mol. The summed E-state index contributed by atoms with van der Waals surface area (Å²) in [6.45, 7) is 5.87. The summed E-state index contributed by atoms with van der Waals surface area (Å²) < 4.78 is 10.9. The topological polar surface area (TPSA) is 37.8 Å². The number of ether oxygens (including phenoxy) is 2. The third-order valence-electron chi connectivity index (χ3n) is 3.80. The summed E-state index contributed by atoms with van der Waals surface area (Å²) in [5.74, 6) is 1.74. The van der Waals surface area contributed by atoms with Crippen molar-refractivity contribution in [2.24, 2.45) is 0 Å². The van der Waals surface area contributed by atoms with Gasteiger partial charge >= 0.3 is 0 Å². The monoisotopic (exact) mass is 319 g/mol. The molecule has 2 aromatic rings. The van der Waals surface area contributed by atoms with Crippen LogP contribution in [0.2, 0.25) is 0 Å². The van der Waals surface area contributed by atoms with E-state index in [0.717, 1.165) is 49.4 Å². The highest BCUT2D eigenvalue weighted by atomic mass is 32.1. The van der Waals surface area contributed by atoms with Crippen LogP contribution in [0.15, 0.2) is 35.8 Å². The van der Waals surface area contributed by atoms with Crippen molar-refractivity contribution < 1.29 is 9.47 Å². The van der Waals surface area contributed by atoms with Gasteiger partial charge in [0.1, 0.15) is 18.1 Å². The van der Waals surface area contributed by atoms with E-state index in [4.69, 9.17) is 9.47 Å². The van der Waals surface area contributed by atoms with Crippen LogP contribution < -0.4 is 14.4 Å². The first-order chi connectivity index (χ1) is 10.8. The first-order valence-corrected chi connectivity index (χ1v) is 8.37. The first-order valence-electron chi connectivity index (χ1n) is 7.49. The lowest BCUT2D eigenvalue weighted by Crippen LogP contribution is -2.47. The molecule has 1 aliphatic rings. The lowest BCUT2D eigenvalue weighted by Gasteiger charge is -2.34. The van der Waals surface area contributed by atoms with Gasteiger partial charge in [0, 0.05) is 44.3 Å². The molecule has 0 unspecified atom stereocenters. The second-order valence-electron chi connectivity index (χ2n) is 5.17. The van der Waals surface area contributed by atoms with E-state index in [2.05, 4.69) is 14.8 Å². The fourth-order valence-electron chi connectivity index (χ4n) is 2.50. The summed E-state index contributed by atoms with van der Waals surface area (Å²) in [6.07, 6.45) is 1.87. The first kappa shape index (κ1) is 15.1. The van der Waals surface area contributed by atoms with Crippen LogP contribution in [-0.2, 0) is 0 Å². The molecule has 0 radical (unpaired) electrons. The molecule has 1 fully saturated rings. The molecule has 0 saturated carbocycles. The number of benzene rings is 1. The molecule has 5 nitrogen and oxygen atoms in total. The SMILES string of the molecule is COc1ccc(OCCN2CCN(c3nccs3)CC2)cc1. The lowest BCUT2D eigenvalue weighted by atomic mass is 10.3. The van der Waals surface area contributed by atoms with Crippen LogP contribution in [0.5, 0.6) is 11.5 Å². The third-order valence-corrected chi connectivity index (χ3v) is 4.63. The number of anilines is 1. The molecular formula is C16H21N3O2S. The Hall–Kier alpha value is -1.79. The number of aromatic nitrogens is 1. The van der Waals surface area contributed by atoms with Gasteiger partial charge in [-0.15, -0.1) is 11.3 Å². The zero-order valence-electron chi connectivity index (χ0n) is 12.8. The summed E-state index contributed by atoms with van der Waals surface area (Å²) in [5.41, 5.74) is 0. The molecule has 0 aliphatic carbocycles. The van der Waals surface area contributed by atoms with Crippen LogP contribution in [0, 0.1) is 0 Å². The van der Waals surface area contributed by atoms with Crippen LogP contribution >= 0.6 is 11.3 Å². The molecule has 3 rings (SSSR count). The molecule has 2 heterocycles. The maximum absolute atomic E-state index is 5.79. The maximum Gasteiger partial charge on any atom is 0.185 e. The molecule has 0 amide bonds. The summed E-state index contributed by atoms with van der Waals surface area (Å²) in [7, 11) is 1.67. The second kappa shape index (κ2) is 7.47. The Morgan fingerprint density at radius 3 is 2.45 bits per heavy atom. The van der Waals surface area contributed by atoms with E-state index in [1.807, 2.05) is 35.8 Å². The van der Waals surface area contributed by atoms with Gasteiger partial charge in [0.25, 0.3) is 0 Å². The summed E-state index contributed by atoms with van der Waals surface area (Å²) in [6, 6.07) is 7.72. The second-order valence-corrected chi connectivity index (χ2v) is 6.04. The number of nitrogens with zero attached hydrogens (tertiary/aromatic N) is 3. The minimum atomic E-state index is 0.712. The molecular weight excluding hydrogens is 298 g/mol. The maximum atomic E-state index is 5.79. The van der Waals surface area contributed by atoms with E-state index >= 15 is 0 Å². The van der Waals surface area contributed by atoms with Gasteiger partial charge in [0.2, 0.25) is 0 Å². The Labute approximate surface area is 135 Å². The van der Waals surface area contributed by atoms with Gasteiger partial charge in [-0.05, 0) is 24.3 Å². The minimum absolute atomic E-state index is 0.712. The predicted octanol–water partition coefficient (Wildman–Crippen LogP) is 2.35. The Balaban J connectivity index is 1.38. The molecule has 1 aromatic heterocycles. The molecule has 0 atom stereocenters. The number of hydrogen-bond acceptors (Lipinski definition) is 6. The highest BCUT2D eigenvalue weighted by Gasteiger charge is 2.18. The molecule has 0 N–H and O–H groups in total. The van der Waals surface area contributed by atoms with Crippen LogP contribution in [0.1, 0.15) is 0 Å². The number of piperazine rings is 1. The molecule has 118 valence electrons. The van der Waals surface area contributed by atoms with Crippen molar-refractivity contribution in [3.63, 3.8) is 0 Å². The summed E-state index contributed by atoms with van der Waals surface area (Å²) in [4.78, 5) is 9.16.